The summed E-state index contributed by atoms with van der Waals surface area (Å²) in [5.74, 6) is 0.347. The standard InChI is InChI=1S/C10H20N2O2/c1-3-11-6-10(14)12-5-4-9(13)8(2)7-12/h8-9,11,13H,3-7H2,1-2H3. The van der Waals surface area contributed by atoms with Gasteiger partial charge in [0.2, 0.25) is 5.91 Å². The summed E-state index contributed by atoms with van der Waals surface area (Å²) in [5, 5.41) is 12.5. The van der Waals surface area contributed by atoms with Crippen LogP contribution in [0.15, 0.2) is 0 Å². The first-order chi connectivity index (χ1) is 6.65. The van der Waals surface area contributed by atoms with Gasteiger partial charge in [0, 0.05) is 13.1 Å². The lowest BCUT2D eigenvalue weighted by Gasteiger charge is -2.34. The normalized spacial score (nSPS) is 27.8. The molecule has 82 valence electrons. The first-order valence-corrected chi connectivity index (χ1v) is 5.31. The van der Waals surface area contributed by atoms with Gasteiger partial charge < -0.3 is 15.3 Å². The van der Waals surface area contributed by atoms with E-state index in [2.05, 4.69) is 5.32 Å². The number of amides is 1. The molecule has 0 spiro atoms. The maximum Gasteiger partial charge on any atom is 0.236 e. The van der Waals surface area contributed by atoms with Crippen LogP contribution >= 0.6 is 0 Å². The maximum atomic E-state index is 11.6. The Labute approximate surface area is 85.3 Å². The number of rotatable bonds is 3. The molecule has 1 aliphatic rings. The molecule has 1 heterocycles. The topological polar surface area (TPSA) is 52.6 Å². The van der Waals surface area contributed by atoms with Crippen molar-refractivity contribution in [3.05, 3.63) is 0 Å². The number of aliphatic hydroxyl groups excluding tert-OH is 1. The van der Waals surface area contributed by atoms with Gasteiger partial charge in [0.25, 0.3) is 0 Å². The van der Waals surface area contributed by atoms with E-state index in [1.807, 2.05) is 18.7 Å². The van der Waals surface area contributed by atoms with Crippen molar-refractivity contribution in [3.8, 4) is 0 Å². The third-order valence-electron chi connectivity index (χ3n) is 2.74. The summed E-state index contributed by atoms with van der Waals surface area (Å²) in [7, 11) is 0. The Bertz CT molecular complexity index is 197. The molecule has 0 aromatic carbocycles. The quantitative estimate of drug-likeness (QED) is 0.665. The Hall–Kier alpha value is -0.610. The van der Waals surface area contributed by atoms with Crippen LogP contribution in [0, 0.1) is 5.92 Å². The molecule has 0 aromatic heterocycles. The molecule has 2 N–H and O–H groups in total. The molecular weight excluding hydrogens is 180 g/mol. The molecule has 2 atom stereocenters. The molecule has 2 unspecified atom stereocenters. The zero-order valence-electron chi connectivity index (χ0n) is 8.99. The van der Waals surface area contributed by atoms with Crippen LogP contribution in [0.25, 0.3) is 0 Å². The lowest BCUT2D eigenvalue weighted by Crippen LogP contribution is -2.47. The van der Waals surface area contributed by atoms with Crippen molar-refractivity contribution in [2.24, 2.45) is 5.92 Å². The number of nitrogens with one attached hydrogen (secondary N) is 1. The van der Waals surface area contributed by atoms with Crippen LogP contribution in [-0.2, 0) is 4.79 Å². The summed E-state index contributed by atoms with van der Waals surface area (Å²) in [5.41, 5.74) is 0. The average molecular weight is 200 g/mol. The molecule has 1 amide bonds. The number of nitrogens with zero attached hydrogens (tertiary/aromatic N) is 1. The molecule has 1 fully saturated rings. The van der Waals surface area contributed by atoms with E-state index in [-0.39, 0.29) is 17.9 Å². The van der Waals surface area contributed by atoms with Crippen LogP contribution < -0.4 is 5.32 Å². The first-order valence-electron chi connectivity index (χ1n) is 5.31. The zero-order valence-corrected chi connectivity index (χ0v) is 8.99. The number of piperidine rings is 1. The predicted octanol–water partition coefficient (Wildman–Crippen LogP) is -0.175. The fourth-order valence-electron chi connectivity index (χ4n) is 1.70. The van der Waals surface area contributed by atoms with Crippen LogP contribution in [0.2, 0.25) is 0 Å². The lowest BCUT2D eigenvalue weighted by atomic mass is 9.97. The molecule has 14 heavy (non-hydrogen) atoms. The third-order valence-corrected chi connectivity index (χ3v) is 2.74. The minimum absolute atomic E-state index is 0.144. The van der Waals surface area contributed by atoms with Gasteiger partial charge in [0.05, 0.1) is 12.6 Å². The van der Waals surface area contributed by atoms with Crippen molar-refractivity contribution in [1.29, 1.82) is 0 Å². The number of hydrogen-bond donors (Lipinski definition) is 2. The molecule has 0 bridgehead atoms. The Morgan fingerprint density at radius 3 is 2.93 bits per heavy atom. The smallest absolute Gasteiger partial charge is 0.236 e. The largest absolute Gasteiger partial charge is 0.393 e. The van der Waals surface area contributed by atoms with Gasteiger partial charge in [-0.15, -0.1) is 0 Å². The summed E-state index contributed by atoms with van der Waals surface area (Å²) >= 11 is 0. The SMILES string of the molecule is CCNCC(=O)N1CCC(O)C(C)C1. The summed E-state index contributed by atoms with van der Waals surface area (Å²) in [6.45, 7) is 6.57. The van der Waals surface area contributed by atoms with Crippen molar-refractivity contribution < 1.29 is 9.90 Å². The second-order valence-corrected chi connectivity index (χ2v) is 3.95. The Morgan fingerprint density at radius 1 is 1.64 bits per heavy atom. The van der Waals surface area contributed by atoms with E-state index in [4.69, 9.17) is 0 Å². The van der Waals surface area contributed by atoms with Gasteiger partial charge in [-0.3, -0.25) is 4.79 Å². The highest BCUT2D eigenvalue weighted by atomic mass is 16.3. The van der Waals surface area contributed by atoms with Crippen molar-refractivity contribution in [1.82, 2.24) is 10.2 Å². The minimum Gasteiger partial charge on any atom is -0.393 e. The van der Waals surface area contributed by atoms with Crippen molar-refractivity contribution in [2.45, 2.75) is 26.4 Å². The van der Waals surface area contributed by atoms with Gasteiger partial charge in [0.15, 0.2) is 0 Å². The molecule has 1 saturated heterocycles. The van der Waals surface area contributed by atoms with E-state index in [0.29, 0.717) is 26.1 Å². The number of likely N-dealkylation sites (tertiary alicyclic amines) is 1. The number of likely N-dealkylation sites (N-methyl/N-ethyl adjacent to an activating group) is 1. The highest BCUT2D eigenvalue weighted by Crippen LogP contribution is 2.16. The van der Waals surface area contributed by atoms with E-state index in [9.17, 15) is 9.90 Å². The highest BCUT2D eigenvalue weighted by Gasteiger charge is 2.26. The van der Waals surface area contributed by atoms with Crippen molar-refractivity contribution in [3.63, 3.8) is 0 Å². The van der Waals surface area contributed by atoms with Gasteiger partial charge in [-0.05, 0) is 18.9 Å². The monoisotopic (exact) mass is 200 g/mol. The fraction of sp³-hybridized carbons (Fsp3) is 0.900. The van der Waals surface area contributed by atoms with E-state index in [1.165, 1.54) is 0 Å². The zero-order chi connectivity index (χ0) is 10.6. The van der Waals surface area contributed by atoms with Crippen LogP contribution in [0.4, 0.5) is 0 Å². The second kappa shape index (κ2) is 5.32. The predicted molar refractivity (Wildman–Crippen MR) is 54.9 cm³/mol. The molecule has 0 aromatic rings. The van der Waals surface area contributed by atoms with E-state index >= 15 is 0 Å². The van der Waals surface area contributed by atoms with Crippen molar-refractivity contribution >= 4 is 5.91 Å². The molecule has 4 nitrogen and oxygen atoms in total. The number of hydrogen-bond acceptors (Lipinski definition) is 3. The van der Waals surface area contributed by atoms with Gasteiger partial charge in [-0.1, -0.05) is 13.8 Å². The molecule has 0 radical (unpaired) electrons. The second-order valence-electron chi connectivity index (χ2n) is 3.95. The van der Waals surface area contributed by atoms with E-state index in [0.717, 1.165) is 6.54 Å². The van der Waals surface area contributed by atoms with Crippen molar-refractivity contribution in [2.75, 3.05) is 26.2 Å². The Morgan fingerprint density at radius 2 is 2.36 bits per heavy atom. The number of aliphatic hydroxyl groups is 1. The van der Waals surface area contributed by atoms with Crippen LogP contribution in [-0.4, -0.2) is 48.2 Å². The Kier molecular flexibility index (Phi) is 4.35. The molecule has 1 rings (SSSR count). The van der Waals surface area contributed by atoms with Crippen LogP contribution in [0.3, 0.4) is 0 Å². The van der Waals surface area contributed by atoms with E-state index < -0.39 is 0 Å². The summed E-state index contributed by atoms with van der Waals surface area (Å²) < 4.78 is 0. The number of carbonyl (C=O) groups excluding carboxylic acids is 1. The molecular formula is C10H20N2O2. The lowest BCUT2D eigenvalue weighted by molar-refractivity contribution is -0.133. The summed E-state index contributed by atoms with van der Waals surface area (Å²) in [4.78, 5) is 13.4. The van der Waals surface area contributed by atoms with Gasteiger partial charge in [0.1, 0.15) is 0 Å². The first kappa shape index (κ1) is 11.5. The fourth-order valence-corrected chi connectivity index (χ4v) is 1.70. The molecule has 0 aliphatic carbocycles. The summed E-state index contributed by atoms with van der Waals surface area (Å²) in [6.07, 6.45) is 0.470. The molecule has 4 heteroatoms. The number of carbonyl (C=O) groups is 1. The Balaban J connectivity index is 2.34. The van der Waals surface area contributed by atoms with E-state index in [1.54, 1.807) is 0 Å². The molecule has 1 aliphatic heterocycles. The maximum absolute atomic E-state index is 11.6. The van der Waals surface area contributed by atoms with Crippen LogP contribution in [0.1, 0.15) is 20.3 Å². The van der Waals surface area contributed by atoms with Gasteiger partial charge in [-0.25, -0.2) is 0 Å². The molecule has 0 saturated carbocycles. The van der Waals surface area contributed by atoms with Gasteiger partial charge in [-0.2, -0.15) is 0 Å². The third kappa shape index (κ3) is 2.96. The van der Waals surface area contributed by atoms with Gasteiger partial charge >= 0.3 is 0 Å². The highest BCUT2D eigenvalue weighted by molar-refractivity contribution is 5.78. The van der Waals surface area contributed by atoms with Crippen LogP contribution in [0.5, 0.6) is 0 Å². The minimum atomic E-state index is -0.238. The summed E-state index contributed by atoms with van der Waals surface area (Å²) in [6, 6.07) is 0. The average Bonchev–Trinajstić information content (AvgIpc) is 2.18.